The lowest BCUT2D eigenvalue weighted by molar-refractivity contribution is 0.104. The SMILES string of the molecule is O=C(C=Cc1ccco1)c1ccc(O)cc1. The second-order valence-corrected chi connectivity index (χ2v) is 3.26. The maximum atomic E-state index is 11.6. The third-order valence-electron chi connectivity index (χ3n) is 2.09. The van der Waals surface area contributed by atoms with E-state index in [2.05, 4.69) is 0 Å². The van der Waals surface area contributed by atoms with Crippen LogP contribution in [0.5, 0.6) is 5.75 Å². The molecule has 0 radical (unpaired) electrons. The normalized spacial score (nSPS) is 10.8. The number of phenols is 1. The fraction of sp³-hybridized carbons (Fsp3) is 0. The number of phenolic OH excluding ortho intramolecular Hbond substituents is 1. The number of ketones is 1. The van der Waals surface area contributed by atoms with E-state index in [9.17, 15) is 4.79 Å². The van der Waals surface area contributed by atoms with Crippen LogP contribution in [0.1, 0.15) is 16.1 Å². The van der Waals surface area contributed by atoms with Gasteiger partial charge in [-0.25, -0.2) is 0 Å². The van der Waals surface area contributed by atoms with Crippen molar-refractivity contribution in [3.8, 4) is 5.75 Å². The number of carbonyl (C=O) groups excluding carboxylic acids is 1. The third kappa shape index (κ3) is 2.39. The highest BCUT2D eigenvalue weighted by molar-refractivity contribution is 6.06. The van der Waals surface area contributed by atoms with Gasteiger partial charge in [-0.1, -0.05) is 0 Å². The van der Waals surface area contributed by atoms with Crippen LogP contribution in [-0.4, -0.2) is 10.9 Å². The molecule has 0 atom stereocenters. The number of carbonyl (C=O) groups is 1. The molecular weight excluding hydrogens is 204 g/mol. The Morgan fingerprint density at radius 3 is 2.56 bits per heavy atom. The summed E-state index contributed by atoms with van der Waals surface area (Å²) in [5, 5.41) is 9.07. The molecule has 1 heterocycles. The largest absolute Gasteiger partial charge is 0.508 e. The second-order valence-electron chi connectivity index (χ2n) is 3.26. The van der Waals surface area contributed by atoms with E-state index < -0.39 is 0 Å². The van der Waals surface area contributed by atoms with Crippen LogP contribution in [0, 0.1) is 0 Å². The zero-order valence-electron chi connectivity index (χ0n) is 8.46. The molecular formula is C13H10O3. The smallest absolute Gasteiger partial charge is 0.185 e. The van der Waals surface area contributed by atoms with E-state index in [-0.39, 0.29) is 11.5 Å². The van der Waals surface area contributed by atoms with Crippen molar-refractivity contribution in [1.82, 2.24) is 0 Å². The van der Waals surface area contributed by atoms with Crippen LogP contribution in [-0.2, 0) is 0 Å². The Labute approximate surface area is 92.6 Å². The molecule has 2 aromatic rings. The number of furan rings is 1. The molecule has 0 aliphatic carbocycles. The van der Waals surface area contributed by atoms with Crippen molar-refractivity contribution < 1.29 is 14.3 Å². The van der Waals surface area contributed by atoms with E-state index in [1.807, 2.05) is 0 Å². The van der Waals surface area contributed by atoms with Crippen molar-refractivity contribution in [1.29, 1.82) is 0 Å². The highest BCUT2D eigenvalue weighted by atomic mass is 16.3. The highest BCUT2D eigenvalue weighted by Crippen LogP contribution is 2.11. The van der Waals surface area contributed by atoms with Crippen molar-refractivity contribution >= 4 is 11.9 Å². The average molecular weight is 214 g/mol. The minimum absolute atomic E-state index is 0.128. The summed E-state index contributed by atoms with van der Waals surface area (Å²) in [6, 6.07) is 9.63. The first-order valence-corrected chi connectivity index (χ1v) is 4.80. The molecule has 16 heavy (non-hydrogen) atoms. The zero-order chi connectivity index (χ0) is 11.4. The Bertz CT molecular complexity index is 492. The van der Waals surface area contributed by atoms with Gasteiger partial charge in [0.15, 0.2) is 5.78 Å². The lowest BCUT2D eigenvalue weighted by atomic mass is 10.1. The summed E-state index contributed by atoms with van der Waals surface area (Å²) in [4.78, 5) is 11.6. The van der Waals surface area contributed by atoms with E-state index in [1.54, 1.807) is 36.6 Å². The van der Waals surface area contributed by atoms with Gasteiger partial charge in [-0.3, -0.25) is 4.79 Å². The predicted molar refractivity (Wildman–Crippen MR) is 60.2 cm³/mol. The molecule has 1 aromatic carbocycles. The van der Waals surface area contributed by atoms with Crippen LogP contribution in [0.25, 0.3) is 6.08 Å². The fourth-order valence-electron chi connectivity index (χ4n) is 1.27. The van der Waals surface area contributed by atoms with Crippen molar-refractivity contribution in [2.75, 3.05) is 0 Å². The summed E-state index contributed by atoms with van der Waals surface area (Å²) in [6.45, 7) is 0. The van der Waals surface area contributed by atoms with Crippen molar-refractivity contribution in [2.45, 2.75) is 0 Å². The Morgan fingerprint density at radius 1 is 1.19 bits per heavy atom. The minimum atomic E-state index is -0.128. The number of benzene rings is 1. The molecule has 2 rings (SSSR count). The average Bonchev–Trinajstić information content (AvgIpc) is 2.80. The van der Waals surface area contributed by atoms with Crippen LogP contribution in [0.4, 0.5) is 0 Å². The van der Waals surface area contributed by atoms with Gasteiger partial charge >= 0.3 is 0 Å². The van der Waals surface area contributed by atoms with Crippen LogP contribution in [0.2, 0.25) is 0 Å². The molecule has 1 N–H and O–H groups in total. The summed E-state index contributed by atoms with van der Waals surface area (Å²) in [5.74, 6) is 0.648. The number of aromatic hydroxyl groups is 1. The second kappa shape index (κ2) is 4.49. The van der Waals surface area contributed by atoms with E-state index >= 15 is 0 Å². The van der Waals surface area contributed by atoms with Gasteiger partial charge in [0.05, 0.1) is 6.26 Å². The first-order valence-electron chi connectivity index (χ1n) is 4.80. The zero-order valence-corrected chi connectivity index (χ0v) is 8.46. The van der Waals surface area contributed by atoms with Crippen LogP contribution in [0.3, 0.4) is 0 Å². The van der Waals surface area contributed by atoms with Gasteiger partial charge in [0.2, 0.25) is 0 Å². The van der Waals surface area contributed by atoms with Gasteiger partial charge < -0.3 is 9.52 Å². The molecule has 3 nitrogen and oxygen atoms in total. The van der Waals surface area contributed by atoms with E-state index in [0.717, 1.165) is 0 Å². The molecule has 0 spiro atoms. The quantitative estimate of drug-likeness (QED) is 0.631. The van der Waals surface area contributed by atoms with E-state index in [0.29, 0.717) is 11.3 Å². The monoisotopic (exact) mass is 214 g/mol. The Hall–Kier alpha value is -2.29. The predicted octanol–water partition coefficient (Wildman–Crippen LogP) is 2.88. The molecule has 0 unspecified atom stereocenters. The van der Waals surface area contributed by atoms with E-state index in [1.165, 1.54) is 18.2 Å². The molecule has 0 bridgehead atoms. The number of hydrogen-bond acceptors (Lipinski definition) is 3. The lowest BCUT2D eigenvalue weighted by Crippen LogP contribution is -1.92. The summed E-state index contributed by atoms with van der Waals surface area (Å²) >= 11 is 0. The molecule has 1 aromatic heterocycles. The molecule has 0 aliphatic rings. The molecule has 80 valence electrons. The van der Waals surface area contributed by atoms with Gasteiger partial charge in [0.25, 0.3) is 0 Å². The molecule has 0 saturated heterocycles. The Kier molecular flexibility index (Phi) is 2.87. The van der Waals surface area contributed by atoms with Gasteiger partial charge in [-0.15, -0.1) is 0 Å². The summed E-state index contributed by atoms with van der Waals surface area (Å²) < 4.78 is 5.06. The van der Waals surface area contributed by atoms with Crippen LogP contribution in [0.15, 0.2) is 53.2 Å². The van der Waals surface area contributed by atoms with Gasteiger partial charge in [-0.2, -0.15) is 0 Å². The molecule has 0 amide bonds. The first-order chi connectivity index (χ1) is 7.75. The number of rotatable bonds is 3. The number of allylic oxidation sites excluding steroid dienone is 1. The van der Waals surface area contributed by atoms with Gasteiger partial charge in [0.1, 0.15) is 11.5 Å². The highest BCUT2D eigenvalue weighted by Gasteiger charge is 2.01. The van der Waals surface area contributed by atoms with Gasteiger partial charge in [-0.05, 0) is 48.6 Å². The summed E-state index contributed by atoms with van der Waals surface area (Å²) in [7, 11) is 0. The number of hydrogen-bond donors (Lipinski definition) is 1. The van der Waals surface area contributed by atoms with Crippen molar-refractivity contribution in [3.05, 3.63) is 60.1 Å². The molecule has 0 aliphatic heterocycles. The van der Waals surface area contributed by atoms with E-state index in [4.69, 9.17) is 9.52 Å². The summed E-state index contributed by atoms with van der Waals surface area (Å²) in [6.07, 6.45) is 4.59. The van der Waals surface area contributed by atoms with Gasteiger partial charge in [0, 0.05) is 5.56 Å². The summed E-state index contributed by atoms with van der Waals surface area (Å²) in [5.41, 5.74) is 0.528. The Morgan fingerprint density at radius 2 is 1.94 bits per heavy atom. The molecule has 0 saturated carbocycles. The van der Waals surface area contributed by atoms with Crippen molar-refractivity contribution in [3.63, 3.8) is 0 Å². The lowest BCUT2D eigenvalue weighted by Gasteiger charge is -1.95. The maximum Gasteiger partial charge on any atom is 0.185 e. The van der Waals surface area contributed by atoms with Crippen LogP contribution < -0.4 is 0 Å². The third-order valence-corrected chi connectivity index (χ3v) is 2.09. The van der Waals surface area contributed by atoms with Crippen molar-refractivity contribution in [2.24, 2.45) is 0 Å². The Balaban J connectivity index is 2.11. The first kappa shape index (κ1) is 10.2. The molecule has 3 heteroatoms. The van der Waals surface area contributed by atoms with Crippen LogP contribution >= 0.6 is 0 Å². The maximum absolute atomic E-state index is 11.6. The fourth-order valence-corrected chi connectivity index (χ4v) is 1.27. The topological polar surface area (TPSA) is 50.4 Å². The minimum Gasteiger partial charge on any atom is -0.508 e. The molecule has 0 fully saturated rings. The standard InChI is InChI=1S/C13H10O3/c14-11-5-3-10(4-6-11)13(15)8-7-12-2-1-9-16-12/h1-9,14H.